The highest BCUT2D eigenvalue weighted by molar-refractivity contribution is 8.77. The van der Waals surface area contributed by atoms with Crippen molar-refractivity contribution in [3.05, 3.63) is 59.7 Å². The van der Waals surface area contributed by atoms with Crippen molar-refractivity contribution in [3.63, 3.8) is 0 Å². The summed E-state index contributed by atoms with van der Waals surface area (Å²) in [5.74, 6) is -4.15. The van der Waals surface area contributed by atoms with Gasteiger partial charge in [0.05, 0.1) is 12.1 Å². The lowest BCUT2D eigenvalue weighted by molar-refractivity contribution is -0.155. The second-order valence-electron chi connectivity index (χ2n) is 28.9. The molecular weight excluding hydrogens is 1370 g/mol. The van der Waals surface area contributed by atoms with Crippen LogP contribution in [-0.4, -0.2) is 243 Å². The minimum atomic E-state index is -1.03. The predicted octanol–water partition coefficient (Wildman–Crippen LogP) is 6.75. The van der Waals surface area contributed by atoms with Gasteiger partial charge in [-0.25, -0.2) is 4.79 Å². The van der Waals surface area contributed by atoms with Crippen LogP contribution in [0.4, 0.5) is 0 Å². The number of benzene rings is 2. The summed E-state index contributed by atoms with van der Waals surface area (Å²) >= 11 is 0. The quantitative estimate of drug-likeness (QED) is 0.0479. The first-order valence-corrected chi connectivity index (χ1v) is 43.2. The fourth-order valence-electron chi connectivity index (χ4n) is 13.7. The Morgan fingerprint density at radius 3 is 1.11 bits per heavy atom. The van der Waals surface area contributed by atoms with Gasteiger partial charge >= 0.3 is 5.97 Å². The molecule has 8 N–H and O–H groups in total. The van der Waals surface area contributed by atoms with Gasteiger partial charge in [-0.15, -0.1) is 26.8 Å². The number of hydrogen-bond acceptors (Lipinski definition) is 15. The van der Waals surface area contributed by atoms with E-state index in [9.17, 15) is 58.2 Å². The highest BCUT2D eigenvalue weighted by atomic mass is 32.8. The molecule has 6 rings (SSSR count). The number of carboxylic acids is 1. The largest absolute Gasteiger partial charge is 0.508 e. The third-order valence-electron chi connectivity index (χ3n) is 18.7. The lowest BCUT2D eigenvalue weighted by Gasteiger charge is -2.38. The number of nitrogens with one attached hydrogen (secondary N) is 3. The lowest BCUT2D eigenvalue weighted by Crippen LogP contribution is -2.61. The van der Waals surface area contributed by atoms with E-state index < -0.39 is 66.4 Å². The molecule has 0 bridgehead atoms. The maximum absolute atomic E-state index is 14.2. The maximum atomic E-state index is 14.2. The van der Waals surface area contributed by atoms with E-state index >= 15 is 0 Å². The lowest BCUT2D eigenvalue weighted by atomic mass is 9.96. The summed E-state index contributed by atoms with van der Waals surface area (Å²) < 4.78 is 0. The van der Waals surface area contributed by atoms with Crippen LogP contribution < -0.4 is 21.7 Å². The molecule has 564 valence electrons. The van der Waals surface area contributed by atoms with E-state index in [-0.39, 0.29) is 114 Å². The molecule has 25 nitrogen and oxygen atoms in total. The molecule has 100 heavy (non-hydrogen) atoms. The molecule has 0 saturated carbocycles. The van der Waals surface area contributed by atoms with Crippen LogP contribution >= 0.6 is 41.7 Å². The smallest absolute Gasteiger partial charge is 0.326 e. The van der Waals surface area contributed by atoms with Crippen molar-refractivity contribution >= 4 is 101 Å². The van der Waals surface area contributed by atoms with Crippen molar-refractivity contribution in [1.82, 2.24) is 55.1 Å². The molecule has 2 aromatic rings. The number of carbonyl (C=O) groups excluding carboxylic acids is 9. The van der Waals surface area contributed by atoms with Gasteiger partial charge in [-0.2, -0.15) is 0 Å². The van der Waals surface area contributed by atoms with E-state index in [0.29, 0.717) is 84.1 Å². The monoisotopic (exact) mass is 1490 g/mol. The molecule has 30 heteroatoms. The van der Waals surface area contributed by atoms with Crippen molar-refractivity contribution in [3.8, 4) is 11.5 Å². The van der Waals surface area contributed by atoms with Crippen molar-refractivity contribution in [1.29, 1.82) is 0 Å². The zero-order valence-electron chi connectivity index (χ0n) is 62.5. The summed E-state index contributed by atoms with van der Waals surface area (Å²) in [6, 6.07) is 6.30. The molecule has 0 spiro atoms. The van der Waals surface area contributed by atoms with Crippen molar-refractivity contribution in [2.75, 3.05) is 68.5 Å². The van der Waals surface area contributed by atoms with Gasteiger partial charge in [0.1, 0.15) is 59.8 Å². The van der Waals surface area contributed by atoms with Crippen LogP contribution in [0, 0.1) is 35.5 Å². The minimum Gasteiger partial charge on any atom is -0.508 e. The molecule has 9 amide bonds. The Bertz CT molecular complexity index is 2990. The number of amides is 9. The summed E-state index contributed by atoms with van der Waals surface area (Å²) in [7, 11) is 19.7. The van der Waals surface area contributed by atoms with E-state index in [0.717, 1.165) is 19.1 Å². The molecule has 4 heterocycles. The van der Waals surface area contributed by atoms with Crippen LogP contribution in [0.25, 0.3) is 0 Å². The molecule has 14 unspecified atom stereocenters. The number of aromatic hydroxyl groups is 2. The SMILES string of the molecule is CC(C)C(NC(=O)C(C(C)C)N(C)C)C(=O)N(C)C(C(=O)N1CCCC1C(=O)N1CCCC1C(=O)NCc1ccc(O)cc1)C(C)C.CC(C)C(NC(=O)C(C(C)C)N(C)C)C(=O)N(C)C(C(=O)N1CCCC1C(=O)N1CCCC1C(=O)O)C(C)C.NCc1ccc(O)cc1.PPP(P)P. The fraction of sp³-hybridized carbons (Fsp3) is 0.686. The topological polar surface area (TPSA) is 319 Å². The number of phenols is 2. The Morgan fingerprint density at radius 1 is 0.500 bits per heavy atom. The number of hydrogen-bond donors (Lipinski definition) is 7. The molecule has 14 atom stereocenters. The van der Waals surface area contributed by atoms with Crippen LogP contribution in [0.5, 0.6) is 11.5 Å². The van der Waals surface area contributed by atoms with E-state index in [4.69, 9.17) is 10.8 Å². The Labute approximate surface area is 605 Å². The third kappa shape index (κ3) is 25.3. The van der Waals surface area contributed by atoms with Gasteiger partial charge in [0.2, 0.25) is 53.2 Å². The summed E-state index contributed by atoms with van der Waals surface area (Å²) in [6.45, 7) is 25.3. The fourth-order valence-corrected chi connectivity index (χ4v) is 13.7. The van der Waals surface area contributed by atoms with Gasteiger partial charge in [-0.1, -0.05) is 115 Å². The maximum Gasteiger partial charge on any atom is 0.326 e. The Kier molecular flexibility index (Phi) is 37.8. The number of rotatable bonds is 26. The number of nitrogens with two attached hydrogens (primary N) is 1. The molecule has 4 saturated heterocycles. The average Bonchev–Trinajstić information content (AvgIpc) is 1.48. The van der Waals surface area contributed by atoms with Gasteiger partial charge in [-0.05, 0) is 157 Å². The van der Waals surface area contributed by atoms with Gasteiger partial charge < -0.3 is 66.4 Å². The van der Waals surface area contributed by atoms with Gasteiger partial charge in [-0.3, -0.25) is 53.0 Å². The molecule has 0 aliphatic carbocycles. The molecule has 0 aromatic heterocycles. The summed E-state index contributed by atoms with van der Waals surface area (Å²) in [4.78, 5) is 147. The van der Waals surface area contributed by atoms with Gasteiger partial charge in [0.25, 0.3) is 0 Å². The van der Waals surface area contributed by atoms with E-state index in [1.54, 1.807) is 72.4 Å². The number of carbonyl (C=O) groups is 10. The second-order valence-corrected chi connectivity index (χ2v) is 42.9. The number of likely N-dealkylation sites (N-methyl/N-ethyl adjacent to an activating group) is 4. The van der Waals surface area contributed by atoms with Crippen molar-refractivity contribution in [2.24, 2.45) is 41.2 Å². The Hall–Kier alpha value is -5.23. The van der Waals surface area contributed by atoms with E-state index in [1.165, 1.54) is 19.6 Å². The van der Waals surface area contributed by atoms with E-state index in [1.807, 2.05) is 121 Å². The van der Waals surface area contributed by atoms with E-state index in [2.05, 4.69) is 42.7 Å². The summed E-state index contributed by atoms with van der Waals surface area (Å²) in [5.41, 5.74) is 7.18. The number of nitrogens with zero attached hydrogens (tertiary/aromatic N) is 8. The first-order chi connectivity index (χ1) is 46.8. The summed E-state index contributed by atoms with van der Waals surface area (Å²) in [6.07, 6.45) is 4.45. The second kappa shape index (κ2) is 42.5. The number of carboxylic acid groups (broad SMARTS) is 1. The highest BCUT2D eigenvalue weighted by Crippen LogP contribution is 2.71. The average molecular weight is 1490 g/mol. The predicted molar refractivity (Wildman–Crippen MR) is 408 cm³/mol. The van der Waals surface area contributed by atoms with Gasteiger partial charge in [0, 0.05) is 53.4 Å². The third-order valence-corrected chi connectivity index (χ3v) is 30.6. The first-order valence-electron chi connectivity index (χ1n) is 35.0. The highest BCUT2D eigenvalue weighted by Gasteiger charge is 2.48. The van der Waals surface area contributed by atoms with Crippen LogP contribution in [0.15, 0.2) is 48.5 Å². The standard InChI is InChI=1S/C35H56N6O6.C28H49N5O6.C7H9NO.H7P5/c1-21(2)28(37-32(44)29(22(3)4)38(7)8)34(46)39(9)30(23(5)6)35(47)41-19-11-13-27(41)33(45)40-18-10-12-26(40)31(43)36-20-24-14-16-25(42)17-15-24;1-16(2)21(29-24(34)22(17(3)4)30(7)8)26(36)31(9)23(18(5)6)27(37)32-14-10-12-19(32)25(35)33-15-11-13-20(33)28(38)39;8-5-6-1-3-7(9)4-2-6;1-4-5(2)3/h14-17,21-23,26-30,42H,10-13,18-20H2,1-9H3,(H,36,43)(H,37,44);16-23H,10-15H2,1-9H3,(H,29,34)(H,38,39);1-4,9H,5,8H2;4H,1-3H2. The van der Waals surface area contributed by atoms with Crippen LogP contribution in [-0.2, 0) is 61.0 Å². The van der Waals surface area contributed by atoms with Crippen molar-refractivity contribution in [2.45, 2.75) is 208 Å². The van der Waals surface area contributed by atoms with Crippen LogP contribution in [0.1, 0.15) is 146 Å². The molecule has 4 fully saturated rings. The van der Waals surface area contributed by atoms with Crippen LogP contribution in [0.2, 0.25) is 0 Å². The molecular formula is C70H121N12O13P5. The number of aliphatic carboxylic acids is 1. The molecule has 4 aliphatic heterocycles. The zero-order valence-corrected chi connectivity index (χ0v) is 67.9. The molecule has 2 aromatic carbocycles. The zero-order chi connectivity index (χ0) is 75.9. The van der Waals surface area contributed by atoms with Crippen molar-refractivity contribution < 1.29 is 63.3 Å². The van der Waals surface area contributed by atoms with Gasteiger partial charge in [0.15, 0.2) is 0 Å². The number of likely N-dealkylation sites (tertiary alicyclic amines) is 4. The Balaban J connectivity index is 0.000000439. The molecule has 0 radical (unpaired) electrons. The minimum absolute atomic E-state index is 0.0285. The van der Waals surface area contributed by atoms with Crippen LogP contribution in [0.3, 0.4) is 0 Å². The molecule has 4 aliphatic rings. The summed E-state index contributed by atoms with van der Waals surface area (Å²) in [5, 5.41) is 36.7. The first kappa shape index (κ1) is 89.0. The Morgan fingerprint density at radius 2 is 0.810 bits per heavy atom. The number of phenolic OH excluding ortho intramolecular Hbond substituents is 2. The normalized spacial score (nSPS) is 19.5.